The van der Waals surface area contributed by atoms with Crippen molar-refractivity contribution in [1.82, 2.24) is 9.78 Å². The van der Waals surface area contributed by atoms with Crippen LogP contribution in [0.5, 0.6) is 0 Å². The van der Waals surface area contributed by atoms with Gasteiger partial charge in [0.05, 0.1) is 5.56 Å². The molecule has 2 aromatic rings. The van der Waals surface area contributed by atoms with E-state index in [4.69, 9.17) is 0 Å². The van der Waals surface area contributed by atoms with Crippen molar-refractivity contribution in [3.8, 4) is 0 Å². The number of anilines is 1. The molecule has 1 amide bonds. The van der Waals surface area contributed by atoms with Crippen LogP contribution in [-0.4, -0.2) is 15.7 Å². The number of benzene rings is 1. The summed E-state index contributed by atoms with van der Waals surface area (Å²) in [5, 5.41) is 6.00. The number of hydrogen-bond donors (Lipinski definition) is 1. The molecule has 1 aromatic carbocycles. The second kappa shape index (κ2) is 6.07. The molecule has 3 rings (SSSR count). The molecule has 0 spiro atoms. The largest absolute Gasteiger partial charge is 0.435 e. The van der Waals surface area contributed by atoms with E-state index in [-0.39, 0.29) is 17.4 Å². The molecule has 27 heavy (non-hydrogen) atoms. The highest BCUT2D eigenvalue weighted by atomic mass is 19.4. The van der Waals surface area contributed by atoms with Gasteiger partial charge in [0.15, 0.2) is 5.69 Å². The van der Waals surface area contributed by atoms with Crippen LogP contribution in [-0.2, 0) is 18.6 Å². The molecule has 1 atom stereocenters. The minimum absolute atomic E-state index is 0.0296. The van der Waals surface area contributed by atoms with E-state index in [1.165, 1.54) is 26.1 Å². The van der Waals surface area contributed by atoms with Gasteiger partial charge in [0.25, 0.3) is 5.91 Å². The van der Waals surface area contributed by atoms with Crippen LogP contribution in [0.3, 0.4) is 0 Å². The fourth-order valence-corrected chi connectivity index (χ4v) is 4.13. The second-order valence-electron chi connectivity index (χ2n) is 7.76. The van der Waals surface area contributed by atoms with E-state index in [1.54, 1.807) is 0 Å². The lowest BCUT2D eigenvalue weighted by molar-refractivity contribution is -0.141. The highest BCUT2D eigenvalue weighted by Gasteiger charge is 2.42. The molecule has 146 valence electrons. The molecule has 1 aliphatic carbocycles. The van der Waals surface area contributed by atoms with Gasteiger partial charge in [-0.25, -0.2) is 4.39 Å². The van der Waals surface area contributed by atoms with Crippen LogP contribution < -0.4 is 5.32 Å². The Hall–Kier alpha value is -2.38. The van der Waals surface area contributed by atoms with Gasteiger partial charge in [-0.1, -0.05) is 20.8 Å². The Kier molecular flexibility index (Phi) is 4.36. The molecule has 0 saturated carbocycles. The third-order valence-electron chi connectivity index (χ3n) is 5.26. The number of carbonyl (C=O) groups excluding carboxylic acids is 1. The summed E-state index contributed by atoms with van der Waals surface area (Å²) in [6.45, 7) is 7.14. The fourth-order valence-electron chi connectivity index (χ4n) is 4.13. The third-order valence-corrected chi connectivity index (χ3v) is 5.26. The van der Waals surface area contributed by atoms with Gasteiger partial charge < -0.3 is 5.32 Å². The van der Waals surface area contributed by atoms with Crippen LogP contribution in [0.15, 0.2) is 12.1 Å². The first-order valence-corrected chi connectivity index (χ1v) is 8.59. The molecule has 1 heterocycles. The Morgan fingerprint density at radius 1 is 1.33 bits per heavy atom. The van der Waals surface area contributed by atoms with Crippen LogP contribution in [0.2, 0.25) is 0 Å². The van der Waals surface area contributed by atoms with E-state index < -0.39 is 28.8 Å². The van der Waals surface area contributed by atoms with Gasteiger partial charge in [-0.3, -0.25) is 9.48 Å². The van der Waals surface area contributed by atoms with Crippen molar-refractivity contribution >= 4 is 11.6 Å². The monoisotopic (exact) mass is 383 g/mol. The SMILES string of the molecule is Cc1c(C(=O)Nc2ccc(F)c3c2C(C)CC3(C)C)c(C(F)(F)F)nn1C. The average molecular weight is 383 g/mol. The Balaban J connectivity index is 2.07. The number of halogens is 4. The molecule has 1 aromatic heterocycles. The molecule has 0 fully saturated rings. The fraction of sp³-hybridized carbons (Fsp3) is 0.474. The Morgan fingerprint density at radius 2 is 1.96 bits per heavy atom. The van der Waals surface area contributed by atoms with Crippen molar-refractivity contribution in [1.29, 1.82) is 0 Å². The lowest BCUT2D eigenvalue weighted by Crippen LogP contribution is -2.20. The zero-order valence-corrected chi connectivity index (χ0v) is 15.8. The van der Waals surface area contributed by atoms with Crippen molar-refractivity contribution in [3.63, 3.8) is 0 Å². The molecule has 1 unspecified atom stereocenters. The van der Waals surface area contributed by atoms with E-state index in [9.17, 15) is 22.4 Å². The summed E-state index contributed by atoms with van der Waals surface area (Å²) >= 11 is 0. The number of alkyl halides is 3. The Morgan fingerprint density at radius 3 is 2.56 bits per heavy atom. The lowest BCUT2D eigenvalue weighted by atomic mass is 9.85. The summed E-state index contributed by atoms with van der Waals surface area (Å²) in [5.74, 6) is -1.30. The topological polar surface area (TPSA) is 46.9 Å². The van der Waals surface area contributed by atoms with Crippen molar-refractivity contribution in [2.45, 2.75) is 51.6 Å². The number of nitrogens with one attached hydrogen (secondary N) is 1. The van der Waals surface area contributed by atoms with Gasteiger partial charge >= 0.3 is 6.18 Å². The number of hydrogen-bond acceptors (Lipinski definition) is 2. The Labute approximate surface area is 154 Å². The maximum absolute atomic E-state index is 14.4. The van der Waals surface area contributed by atoms with Gasteiger partial charge in [-0.2, -0.15) is 18.3 Å². The summed E-state index contributed by atoms with van der Waals surface area (Å²) in [7, 11) is 1.35. The molecular formula is C19H21F4N3O. The average Bonchev–Trinajstić information content (AvgIpc) is 2.96. The molecule has 1 aliphatic rings. The molecule has 1 N–H and O–H groups in total. The van der Waals surface area contributed by atoms with E-state index in [2.05, 4.69) is 10.4 Å². The van der Waals surface area contributed by atoms with Gasteiger partial charge in [0, 0.05) is 18.4 Å². The van der Waals surface area contributed by atoms with Gasteiger partial charge in [-0.15, -0.1) is 0 Å². The highest BCUT2D eigenvalue weighted by molar-refractivity contribution is 6.06. The number of amides is 1. The van der Waals surface area contributed by atoms with Crippen LogP contribution in [0.4, 0.5) is 23.2 Å². The first-order chi connectivity index (χ1) is 12.3. The van der Waals surface area contributed by atoms with Crippen molar-refractivity contribution in [2.75, 3.05) is 5.32 Å². The Bertz CT molecular complexity index is 928. The zero-order chi connectivity index (χ0) is 20.3. The van der Waals surface area contributed by atoms with Crippen molar-refractivity contribution in [2.24, 2.45) is 7.05 Å². The van der Waals surface area contributed by atoms with Gasteiger partial charge in [-0.05, 0) is 47.9 Å². The maximum atomic E-state index is 14.4. The third kappa shape index (κ3) is 3.11. The minimum atomic E-state index is -4.75. The van der Waals surface area contributed by atoms with Crippen LogP contribution in [0.25, 0.3) is 0 Å². The predicted molar refractivity (Wildman–Crippen MR) is 93.4 cm³/mol. The zero-order valence-electron chi connectivity index (χ0n) is 15.8. The summed E-state index contributed by atoms with van der Waals surface area (Å²) in [6, 6.07) is 2.65. The number of aryl methyl sites for hydroxylation is 1. The van der Waals surface area contributed by atoms with E-state index in [0.29, 0.717) is 23.2 Å². The molecule has 8 heteroatoms. The lowest BCUT2D eigenvalue weighted by Gasteiger charge is -2.20. The first-order valence-electron chi connectivity index (χ1n) is 8.59. The number of aromatic nitrogens is 2. The van der Waals surface area contributed by atoms with Crippen molar-refractivity contribution in [3.05, 3.63) is 46.0 Å². The van der Waals surface area contributed by atoms with Crippen LogP contribution in [0, 0.1) is 12.7 Å². The summed E-state index contributed by atoms with van der Waals surface area (Å²) < 4.78 is 55.3. The highest BCUT2D eigenvalue weighted by Crippen LogP contribution is 2.49. The quantitative estimate of drug-likeness (QED) is 0.748. The van der Waals surface area contributed by atoms with E-state index in [1.807, 2.05) is 20.8 Å². The maximum Gasteiger partial charge on any atom is 0.435 e. The molecule has 4 nitrogen and oxygen atoms in total. The van der Waals surface area contributed by atoms with Gasteiger partial charge in [0.2, 0.25) is 0 Å². The van der Waals surface area contributed by atoms with E-state index in [0.717, 1.165) is 4.68 Å². The number of carbonyl (C=O) groups is 1. The summed E-state index contributed by atoms with van der Waals surface area (Å²) in [6.07, 6.45) is -4.06. The normalized spacial score (nSPS) is 18.5. The number of rotatable bonds is 2. The number of fused-ring (bicyclic) bond motifs is 1. The summed E-state index contributed by atoms with van der Waals surface area (Å²) in [4.78, 5) is 12.7. The molecule has 0 saturated heterocycles. The molecule has 0 radical (unpaired) electrons. The smallest absolute Gasteiger partial charge is 0.322 e. The molecule has 0 bridgehead atoms. The standard InChI is InChI=1S/C19H21F4N3O/c1-9-8-18(3,4)15-11(20)6-7-12(13(9)15)24-17(27)14-10(2)26(5)25-16(14)19(21,22)23/h6-7,9H,8H2,1-5H3,(H,24,27). The molecule has 0 aliphatic heterocycles. The number of nitrogens with zero attached hydrogens (tertiary/aromatic N) is 2. The van der Waals surface area contributed by atoms with Crippen LogP contribution in [0.1, 0.15) is 66.0 Å². The van der Waals surface area contributed by atoms with Gasteiger partial charge in [0.1, 0.15) is 5.82 Å². The molecular weight excluding hydrogens is 362 g/mol. The van der Waals surface area contributed by atoms with Crippen molar-refractivity contribution < 1.29 is 22.4 Å². The summed E-state index contributed by atoms with van der Waals surface area (Å²) in [5.41, 5.74) is -0.575. The van der Waals surface area contributed by atoms with Crippen LogP contribution >= 0.6 is 0 Å². The first kappa shape index (κ1) is 19.4. The second-order valence-corrected chi connectivity index (χ2v) is 7.76. The minimum Gasteiger partial charge on any atom is -0.322 e. The van der Waals surface area contributed by atoms with E-state index >= 15 is 0 Å². The predicted octanol–water partition coefficient (Wildman–Crippen LogP) is 4.92.